The number of fused-ring (bicyclic) bond motifs is 2. The fourth-order valence-electron chi connectivity index (χ4n) is 3.56. The molecule has 1 spiro atoms. The zero-order chi connectivity index (χ0) is 18.9. The summed E-state index contributed by atoms with van der Waals surface area (Å²) in [6.07, 6.45) is 1.17. The summed E-state index contributed by atoms with van der Waals surface area (Å²) in [5.41, 5.74) is 0.730. The lowest BCUT2D eigenvalue weighted by atomic mass is 9.92. The Hall–Kier alpha value is -2.90. The number of hydrogen-bond acceptors (Lipinski definition) is 4. The maximum absolute atomic E-state index is 12.9. The van der Waals surface area contributed by atoms with Crippen LogP contribution in [0, 0.1) is 0 Å². The molecule has 0 bridgehead atoms. The molecule has 1 aromatic rings. The Morgan fingerprint density at radius 2 is 2.04 bits per heavy atom. The van der Waals surface area contributed by atoms with Crippen LogP contribution in [0.4, 0.5) is 4.79 Å². The lowest BCUT2D eigenvalue weighted by molar-refractivity contribution is -0.136. The molecule has 138 valence electrons. The van der Waals surface area contributed by atoms with E-state index in [0.717, 1.165) is 16.0 Å². The van der Waals surface area contributed by atoms with Gasteiger partial charge in [0.05, 0.1) is 0 Å². The molecule has 0 unspecified atom stereocenters. The van der Waals surface area contributed by atoms with Crippen LogP contribution >= 0.6 is 0 Å². The number of urea groups is 1. The fourth-order valence-corrected chi connectivity index (χ4v) is 3.56. The van der Waals surface area contributed by atoms with Crippen molar-refractivity contribution in [2.24, 2.45) is 0 Å². The number of nitrogens with zero attached hydrogens (tertiary/aromatic N) is 1. The molecule has 8 heteroatoms. The molecule has 26 heavy (non-hydrogen) atoms. The summed E-state index contributed by atoms with van der Waals surface area (Å²) in [6, 6.07) is 6.16. The number of carbonyl (C=O) groups excluding carboxylic acids is 4. The van der Waals surface area contributed by atoms with Crippen molar-refractivity contribution in [1.82, 2.24) is 20.9 Å². The van der Waals surface area contributed by atoms with Crippen molar-refractivity contribution in [2.45, 2.75) is 38.3 Å². The number of imide groups is 1. The monoisotopic (exact) mass is 358 g/mol. The van der Waals surface area contributed by atoms with Gasteiger partial charge in [-0.3, -0.25) is 19.3 Å². The fraction of sp³-hybridized carbons (Fsp3) is 0.444. The molecule has 1 aromatic carbocycles. The predicted molar refractivity (Wildman–Crippen MR) is 93.0 cm³/mol. The maximum Gasteiger partial charge on any atom is 0.325 e. The van der Waals surface area contributed by atoms with Gasteiger partial charge in [0.25, 0.3) is 5.91 Å². The standard InChI is InChI=1S/C18H22N4O4/c1-3-19-15(24)11(2)20-14(23)10-22-16(25)18(21-17(22)26)9-8-12-6-4-5-7-13(12)18/h4-7,11H,3,8-10H2,1-2H3,(H,19,24)(H,20,23)(H,21,26)/t11-,18+/m1/s1. The summed E-state index contributed by atoms with van der Waals surface area (Å²) in [5.74, 6) is -1.30. The summed E-state index contributed by atoms with van der Waals surface area (Å²) in [7, 11) is 0. The third kappa shape index (κ3) is 2.91. The molecule has 2 aliphatic rings. The quantitative estimate of drug-likeness (QED) is 0.645. The first-order valence-corrected chi connectivity index (χ1v) is 8.68. The highest BCUT2D eigenvalue weighted by atomic mass is 16.2. The van der Waals surface area contributed by atoms with E-state index in [1.54, 1.807) is 13.8 Å². The topological polar surface area (TPSA) is 108 Å². The van der Waals surface area contributed by atoms with E-state index >= 15 is 0 Å². The molecule has 0 radical (unpaired) electrons. The van der Waals surface area contributed by atoms with E-state index < -0.39 is 36.0 Å². The summed E-state index contributed by atoms with van der Waals surface area (Å²) >= 11 is 0. The molecule has 0 aromatic heterocycles. The Balaban J connectivity index is 1.71. The number of nitrogens with one attached hydrogen (secondary N) is 3. The molecule has 1 aliphatic heterocycles. The highest BCUT2D eigenvalue weighted by molar-refractivity contribution is 6.10. The second-order valence-corrected chi connectivity index (χ2v) is 6.57. The number of amides is 5. The maximum atomic E-state index is 12.9. The average Bonchev–Trinajstić information content (AvgIpc) is 3.09. The van der Waals surface area contributed by atoms with Gasteiger partial charge in [-0.25, -0.2) is 4.79 Å². The minimum Gasteiger partial charge on any atom is -0.355 e. The van der Waals surface area contributed by atoms with Gasteiger partial charge in [0.15, 0.2) is 0 Å². The largest absolute Gasteiger partial charge is 0.355 e. The molecule has 1 fully saturated rings. The van der Waals surface area contributed by atoms with Crippen LogP contribution in [0.25, 0.3) is 0 Å². The Bertz CT molecular complexity index is 778. The summed E-state index contributed by atoms with van der Waals surface area (Å²) in [5, 5.41) is 7.87. The van der Waals surface area contributed by atoms with Gasteiger partial charge in [-0.05, 0) is 37.8 Å². The summed E-state index contributed by atoms with van der Waals surface area (Å²) < 4.78 is 0. The Labute approximate surface area is 151 Å². The second kappa shape index (κ2) is 6.78. The van der Waals surface area contributed by atoms with Crippen molar-refractivity contribution in [2.75, 3.05) is 13.1 Å². The third-order valence-corrected chi connectivity index (χ3v) is 4.85. The van der Waals surface area contributed by atoms with E-state index in [2.05, 4.69) is 16.0 Å². The van der Waals surface area contributed by atoms with Crippen LogP contribution < -0.4 is 16.0 Å². The molecule has 1 saturated heterocycles. The smallest absolute Gasteiger partial charge is 0.325 e. The number of rotatable bonds is 5. The molecular formula is C18H22N4O4. The first-order valence-electron chi connectivity index (χ1n) is 8.68. The van der Waals surface area contributed by atoms with Crippen LogP contribution in [-0.2, 0) is 26.3 Å². The average molecular weight is 358 g/mol. The van der Waals surface area contributed by atoms with Gasteiger partial charge < -0.3 is 16.0 Å². The lowest BCUT2D eigenvalue weighted by Gasteiger charge is -2.22. The predicted octanol–water partition coefficient (Wildman–Crippen LogP) is 0.0207. The van der Waals surface area contributed by atoms with Crippen molar-refractivity contribution in [3.63, 3.8) is 0 Å². The van der Waals surface area contributed by atoms with Crippen LogP contribution in [0.3, 0.4) is 0 Å². The van der Waals surface area contributed by atoms with E-state index in [0.29, 0.717) is 19.4 Å². The molecule has 3 N–H and O–H groups in total. The normalized spacial score (nSPS) is 22.2. The van der Waals surface area contributed by atoms with Gasteiger partial charge >= 0.3 is 6.03 Å². The second-order valence-electron chi connectivity index (χ2n) is 6.57. The Morgan fingerprint density at radius 3 is 2.77 bits per heavy atom. The van der Waals surface area contributed by atoms with Gasteiger partial charge in [0, 0.05) is 6.54 Å². The molecular weight excluding hydrogens is 336 g/mol. The number of aryl methyl sites for hydroxylation is 1. The Morgan fingerprint density at radius 1 is 1.31 bits per heavy atom. The summed E-state index contributed by atoms with van der Waals surface area (Å²) in [6.45, 7) is 3.36. The Kier molecular flexibility index (Phi) is 4.67. The summed E-state index contributed by atoms with van der Waals surface area (Å²) in [4.78, 5) is 50.1. The van der Waals surface area contributed by atoms with Crippen LogP contribution in [0.2, 0.25) is 0 Å². The van der Waals surface area contributed by atoms with E-state index in [1.165, 1.54) is 0 Å². The van der Waals surface area contributed by atoms with Crippen LogP contribution in [0.1, 0.15) is 31.4 Å². The van der Waals surface area contributed by atoms with Crippen molar-refractivity contribution >= 4 is 23.8 Å². The van der Waals surface area contributed by atoms with Crippen molar-refractivity contribution < 1.29 is 19.2 Å². The molecule has 8 nitrogen and oxygen atoms in total. The molecule has 1 heterocycles. The minimum atomic E-state index is -1.08. The molecule has 2 atom stereocenters. The number of carbonyl (C=O) groups is 4. The highest BCUT2D eigenvalue weighted by Gasteiger charge is 2.55. The highest BCUT2D eigenvalue weighted by Crippen LogP contribution is 2.41. The SMILES string of the molecule is CCNC(=O)[C@@H](C)NC(=O)CN1C(=O)N[C@]2(CCc3ccccc32)C1=O. The molecule has 3 rings (SSSR count). The van der Waals surface area contributed by atoms with E-state index in [-0.39, 0.29) is 5.91 Å². The van der Waals surface area contributed by atoms with Gasteiger partial charge in [0.1, 0.15) is 18.1 Å². The van der Waals surface area contributed by atoms with Crippen molar-refractivity contribution in [3.05, 3.63) is 35.4 Å². The molecule has 5 amide bonds. The number of likely N-dealkylation sites (N-methyl/N-ethyl adjacent to an activating group) is 1. The van der Waals surface area contributed by atoms with E-state index in [9.17, 15) is 19.2 Å². The zero-order valence-electron chi connectivity index (χ0n) is 14.8. The van der Waals surface area contributed by atoms with Crippen molar-refractivity contribution in [3.8, 4) is 0 Å². The minimum absolute atomic E-state index is 0.320. The van der Waals surface area contributed by atoms with Gasteiger partial charge in [-0.15, -0.1) is 0 Å². The van der Waals surface area contributed by atoms with E-state index in [1.807, 2.05) is 24.3 Å². The lowest BCUT2D eigenvalue weighted by Crippen LogP contribution is -2.49. The number of hydrogen-bond donors (Lipinski definition) is 3. The third-order valence-electron chi connectivity index (χ3n) is 4.85. The molecule has 1 aliphatic carbocycles. The van der Waals surface area contributed by atoms with Gasteiger partial charge in [-0.2, -0.15) is 0 Å². The van der Waals surface area contributed by atoms with Crippen molar-refractivity contribution in [1.29, 1.82) is 0 Å². The van der Waals surface area contributed by atoms with Crippen LogP contribution in [-0.4, -0.2) is 47.8 Å². The van der Waals surface area contributed by atoms with Crippen LogP contribution in [0.15, 0.2) is 24.3 Å². The van der Waals surface area contributed by atoms with Gasteiger partial charge in [0.2, 0.25) is 11.8 Å². The first-order chi connectivity index (χ1) is 12.4. The molecule has 0 saturated carbocycles. The number of benzene rings is 1. The van der Waals surface area contributed by atoms with Crippen LogP contribution in [0.5, 0.6) is 0 Å². The zero-order valence-corrected chi connectivity index (χ0v) is 14.8. The van der Waals surface area contributed by atoms with Gasteiger partial charge in [-0.1, -0.05) is 24.3 Å². The van der Waals surface area contributed by atoms with E-state index in [4.69, 9.17) is 0 Å². The first kappa shape index (κ1) is 17.9.